The van der Waals surface area contributed by atoms with Gasteiger partial charge in [-0.05, 0) is 35.8 Å². The molecule has 3 aromatic heterocycles. The summed E-state index contributed by atoms with van der Waals surface area (Å²) in [6, 6.07) is 5.85. The fourth-order valence-electron chi connectivity index (χ4n) is 5.52. The number of nitrogens with zero attached hydrogens (tertiary/aromatic N) is 5. The maximum Gasteiger partial charge on any atom is 0.321 e. The summed E-state index contributed by atoms with van der Waals surface area (Å²) >= 11 is 0. The minimum atomic E-state index is -0.0800. The number of pyridine rings is 1. The first-order valence-corrected chi connectivity index (χ1v) is 10.9. The van der Waals surface area contributed by atoms with Crippen molar-refractivity contribution in [3.05, 3.63) is 36.9 Å². The summed E-state index contributed by atoms with van der Waals surface area (Å²) in [6.45, 7) is 6.09. The Labute approximate surface area is 187 Å². The van der Waals surface area contributed by atoms with Crippen LogP contribution in [0.2, 0.25) is 0 Å². The van der Waals surface area contributed by atoms with E-state index >= 15 is 0 Å². The molecule has 1 unspecified atom stereocenters. The average molecular weight is 436 g/mol. The molecular weight excluding hydrogens is 406 g/mol. The Morgan fingerprint density at radius 1 is 1.19 bits per heavy atom. The quantitative estimate of drug-likeness (QED) is 0.651. The lowest BCUT2D eigenvalue weighted by molar-refractivity contribution is 0.184. The fourth-order valence-corrected chi connectivity index (χ4v) is 5.52. The van der Waals surface area contributed by atoms with Crippen molar-refractivity contribution in [1.29, 1.82) is 0 Å². The van der Waals surface area contributed by atoms with Gasteiger partial charge in [0.2, 0.25) is 5.88 Å². The van der Waals surface area contributed by atoms with Crippen LogP contribution in [0.5, 0.6) is 5.88 Å². The fraction of sp³-hybridized carbons (Fsp3) is 0.478. The lowest BCUT2D eigenvalue weighted by atomic mass is 9.71. The molecule has 0 bridgehead atoms. The van der Waals surface area contributed by atoms with E-state index in [0.29, 0.717) is 17.6 Å². The number of aromatic nitrogens is 4. The van der Waals surface area contributed by atoms with Gasteiger partial charge in [-0.1, -0.05) is 13.8 Å². The van der Waals surface area contributed by atoms with Gasteiger partial charge >= 0.3 is 6.03 Å². The van der Waals surface area contributed by atoms with Crippen LogP contribution in [0.15, 0.2) is 36.9 Å². The van der Waals surface area contributed by atoms with Crippen LogP contribution in [-0.2, 0) is 0 Å². The highest BCUT2D eigenvalue weighted by molar-refractivity contribution is 5.89. The van der Waals surface area contributed by atoms with E-state index in [1.807, 2.05) is 17.2 Å². The van der Waals surface area contributed by atoms with Gasteiger partial charge in [0.05, 0.1) is 24.4 Å². The number of aromatic amines is 1. The second kappa shape index (κ2) is 7.36. The molecule has 2 fully saturated rings. The van der Waals surface area contributed by atoms with Crippen LogP contribution >= 0.6 is 0 Å². The molecule has 1 aliphatic heterocycles. The van der Waals surface area contributed by atoms with Crippen LogP contribution in [0.25, 0.3) is 11.0 Å². The molecule has 32 heavy (non-hydrogen) atoms. The van der Waals surface area contributed by atoms with Gasteiger partial charge in [0.25, 0.3) is 0 Å². The van der Waals surface area contributed by atoms with Gasteiger partial charge in [0.15, 0.2) is 0 Å². The number of urea groups is 1. The standard InChI is InChI=1S/C23H29N7O2/c1-22-9-16(29(3)20-17-7-8-24-19(17)26-14-27-20)10-23(22,2)13-30(12-22)21(31)28-15-5-6-18(32-4)25-11-15/h5-8,11,14,16H,9-10,12-13H2,1-4H3,(H,28,31)(H,24,26,27)/t16?,22-,23+. The number of carbonyl (C=O) groups is 1. The molecule has 9 nitrogen and oxygen atoms in total. The smallest absolute Gasteiger partial charge is 0.321 e. The number of carbonyl (C=O) groups excluding carboxylic acids is 1. The predicted molar refractivity (Wildman–Crippen MR) is 123 cm³/mol. The number of amides is 2. The number of hydrogen-bond acceptors (Lipinski definition) is 6. The Kier molecular flexibility index (Phi) is 4.72. The molecule has 3 atom stereocenters. The van der Waals surface area contributed by atoms with Crippen LogP contribution < -0.4 is 15.0 Å². The summed E-state index contributed by atoms with van der Waals surface area (Å²) in [5.41, 5.74) is 1.59. The third-order valence-corrected chi connectivity index (χ3v) is 7.61. The summed E-state index contributed by atoms with van der Waals surface area (Å²) in [5.74, 6) is 1.48. The van der Waals surface area contributed by atoms with Crippen molar-refractivity contribution < 1.29 is 9.53 Å². The largest absolute Gasteiger partial charge is 0.481 e. The number of methoxy groups -OCH3 is 1. The van der Waals surface area contributed by atoms with Gasteiger partial charge in [0.1, 0.15) is 17.8 Å². The third kappa shape index (κ3) is 3.23. The zero-order valence-electron chi connectivity index (χ0n) is 18.9. The molecule has 2 aliphatic rings. The number of H-pyrrole nitrogens is 1. The van der Waals surface area contributed by atoms with E-state index in [0.717, 1.165) is 42.8 Å². The number of fused-ring (bicyclic) bond motifs is 2. The molecule has 1 saturated carbocycles. The first-order chi connectivity index (χ1) is 15.3. The molecule has 1 aliphatic carbocycles. The van der Waals surface area contributed by atoms with E-state index < -0.39 is 0 Å². The monoisotopic (exact) mass is 435 g/mol. The van der Waals surface area contributed by atoms with Crippen molar-refractivity contribution in [2.75, 3.05) is 37.5 Å². The highest BCUT2D eigenvalue weighted by atomic mass is 16.5. The number of likely N-dealkylation sites (tertiary alicyclic amines) is 1. The molecule has 0 aromatic carbocycles. The molecule has 4 heterocycles. The number of rotatable bonds is 4. The molecular formula is C23H29N7O2. The number of nitrogens with one attached hydrogen (secondary N) is 2. The van der Waals surface area contributed by atoms with Crippen LogP contribution in [-0.4, -0.2) is 64.2 Å². The minimum Gasteiger partial charge on any atom is -0.481 e. The summed E-state index contributed by atoms with van der Waals surface area (Å²) in [4.78, 5) is 33.4. The van der Waals surface area contributed by atoms with Crippen molar-refractivity contribution in [2.45, 2.75) is 32.7 Å². The Morgan fingerprint density at radius 2 is 1.94 bits per heavy atom. The van der Waals surface area contributed by atoms with Crippen molar-refractivity contribution in [3.63, 3.8) is 0 Å². The molecule has 2 N–H and O–H groups in total. The Balaban J connectivity index is 1.29. The first kappa shape index (κ1) is 20.5. The second-order valence-corrected chi connectivity index (χ2v) is 9.61. The summed E-state index contributed by atoms with van der Waals surface area (Å²) < 4.78 is 5.08. The maximum absolute atomic E-state index is 13.0. The zero-order valence-corrected chi connectivity index (χ0v) is 18.9. The van der Waals surface area contributed by atoms with Crippen molar-refractivity contribution in [3.8, 4) is 5.88 Å². The number of ether oxygens (including phenoxy) is 1. The molecule has 168 valence electrons. The van der Waals surface area contributed by atoms with Gasteiger partial charge < -0.3 is 24.8 Å². The van der Waals surface area contributed by atoms with Crippen molar-refractivity contribution in [2.24, 2.45) is 10.8 Å². The molecule has 0 radical (unpaired) electrons. The lowest BCUT2D eigenvalue weighted by Crippen LogP contribution is -2.38. The Hall–Kier alpha value is -3.36. The Bertz CT molecular complexity index is 1130. The van der Waals surface area contributed by atoms with Gasteiger partial charge in [-0.2, -0.15) is 0 Å². The van der Waals surface area contributed by atoms with Gasteiger partial charge in [0, 0.05) is 38.4 Å². The highest BCUT2D eigenvalue weighted by Crippen LogP contribution is 2.58. The van der Waals surface area contributed by atoms with Crippen LogP contribution in [0.3, 0.4) is 0 Å². The molecule has 9 heteroatoms. The van der Waals surface area contributed by atoms with E-state index in [9.17, 15) is 4.79 Å². The molecule has 5 rings (SSSR count). The van der Waals surface area contributed by atoms with Crippen molar-refractivity contribution >= 4 is 28.6 Å². The first-order valence-electron chi connectivity index (χ1n) is 10.9. The molecule has 1 saturated heterocycles. The molecule has 2 amide bonds. The number of anilines is 2. The average Bonchev–Trinajstić information content (AvgIpc) is 3.42. The summed E-state index contributed by atoms with van der Waals surface area (Å²) in [7, 11) is 3.69. The van der Waals surface area contributed by atoms with Gasteiger partial charge in [-0.25, -0.2) is 19.7 Å². The highest BCUT2D eigenvalue weighted by Gasteiger charge is 2.59. The molecule has 0 spiro atoms. The van der Waals surface area contributed by atoms with E-state index in [4.69, 9.17) is 4.74 Å². The predicted octanol–water partition coefficient (Wildman–Crippen LogP) is 3.52. The Morgan fingerprint density at radius 3 is 2.59 bits per heavy atom. The normalized spacial score (nSPS) is 26.9. The third-order valence-electron chi connectivity index (χ3n) is 7.61. The second-order valence-electron chi connectivity index (χ2n) is 9.61. The van der Waals surface area contributed by atoms with Gasteiger partial charge in [-0.3, -0.25) is 0 Å². The van der Waals surface area contributed by atoms with E-state index in [2.05, 4.69) is 51.0 Å². The topological polar surface area (TPSA) is 99.3 Å². The molecule has 3 aromatic rings. The van der Waals surface area contributed by atoms with Crippen LogP contribution in [0, 0.1) is 10.8 Å². The zero-order chi connectivity index (χ0) is 22.5. The SMILES string of the molecule is COc1ccc(NC(=O)N2C[C@]3(C)CC(N(C)c4ncnc5[nH]ccc45)C[C@]3(C)C2)cn1. The summed E-state index contributed by atoms with van der Waals surface area (Å²) in [6.07, 6.45) is 7.14. The van der Waals surface area contributed by atoms with Crippen LogP contribution in [0.4, 0.5) is 16.3 Å². The van der Waals surface area contributed by atoms with Crippen LogP contribution in [0.1, 0.15) is 26.7 Å². The lowest BCUT2D eigenvalue weighted by Gasteiger charge is -2.31. The van der Waals surface area contributed by atoms with E-state index in [1.165, 1.54) is 0 Å². The van der Waals surface area contributed by atoms with E-state index in [-0.39, 0.29) is 16.9 Å². The maximum atomic E-state index is 13.0. The summed E-state index contributed by atoms with van der Waals surface area (Å²) in [5, 5.41) is 4.01. The van der Waals surface area contributed by atoms with Gasteiger partial charge in [-0.15, -0.1) is 0 Å². The van der Waals surface area contributed by atoms with Crippen molar-refractivity contribution in [1.82, 2.24) is 24.8 Å². The van der Waals surface area contributed by atoms with E-state index in [1.54, 1.807) is 31.8 Å². The number of hydrogen-bond donors (Lipinski definition) is 2. The minimum absolute atomic E-state index is 0.0334.